The molecule has 1 heterocycles. The average Bonchev–Trinajstić information content (AvgIpc) is 3.17. The smallest absolute Gasteiger partial charge is 0.377 e. The van der Waals surface area contributed by atoms with Gasteiger partial charge in [0.15, 0.2) is 11.9 Å². The largest absolute Gasteiger partial charge is 0.505 e. The SMILES string of the molecule is O=C(CCC[NH2+]/C=C\C=C/C/C=C/c1ccc(N(CCO)CCO)cc1)OCC(O)C1OC(=O)C(O)=C1O. The van der Waals surface area contributed by atoms with Crippen molar-refractivity contribution >= 4 is 23.7 Å². The minimum Gasteiger partial charge on any atom is -0.505 e. The Hall–Kier alpha value is -3.64. The molecule has 0 radical (unpaired) electrons. The Kier molecular flexibility index (Phi) is 13.7. The Balaban J connectivity index is 1.56. The summed E-state index contributed by atoms with van der Waals surface area (Å²) in [7, 11) is 0. The number of aliphatic hydroxyl groups is 5. The van der Waals surface area contributed by atoms with Gasteiger partial charge in [-0.25, -0.2) is 4.79 Å². The summed E-state index contributed by atoms with van der Waals surface area (Å²) in [6.45, 7) is 1.19. The third-order valence-electron chi connectivity index (χ3n) is 5.53. The van der Waals surface area contributed by atoms with Crippen molar-refractivity contribution in [3.63, 3.8) is 0 Å². The zero-order chi connectivity index (χ0) is 27.8. The molecule has 0 aliphatic carbocycles. The van der Waals surface area contributed by atoms with Gasteiger partial charge in [-0.3, -0.25) is 4.79 Å². The number of hydrogen-bond donors (Lipinski definition) is 6. The number of benzene rings is 1. The van der Waals surface area contributed by atoms with Crippen LogP contribution in [-0.2, 0) is 19.1 Å². The van der Waals surface area contributed by atoms with Crippen LogP contribution >= 0.6 is 0 Å². The first kappa shape index (κ1) is 30.6. The summed E-state index contributed by atoms with van der Waals surface area (Å²) in [5, 5.41) is 48.8. The van der Waals surface area contributed by atoms with Crippen molar-refractivity contribution in [2.75, 3.05) is 44.4 Å². The molecule has 1 aliphatic heterocycles. The fourth-order valence-electron chi connectivity index (χ4n) is 3.52. The monoisotopic (exact) mass is 533 g/mol. The Morgan fingerprint density at radius 2 is 1.82 bits per heavy atom. The minimum atomic E-state index is -1.48. The number of carbonyl (C=O) groups excluding carboxylic acids is 2. The van der Waals surface area contributed by atoms with Crippen LogP contribution in [0.2, 0.25) is 0 Å². The number of rotatable bonds is 17. The molecule has 1 aromatic rings. The molecule has 0 saturated heterocycles. The van der Waals surface area contributed by atoms with E-state index in [1.54, 1.807) is 0 Å². The van der Waals surface area contributed by atoms with Gasteiger partial charge >= 0.3 is 11.9 Å². The van der Waals surface area contributed by atoms with E-state index in [4.69, 9.17) is 14.9 Å². The first-order valence-electron chi connectivity index (χ1n) is 12.4. The van der Waals surface area contributed by atoms with Gasteiger partial charge in [0.1, 0.15) is 12.7 Å². The van der Waals surface area contributed by atoms with Crippen molar-refractivity contribution in [3.8, 4) is 0 Å². The maximum absolute atomic E-state index is 11.8. The van der Waals surface area contributed by atoms with Crippen molar-refractivity contribution in [1.82, 2.24) is 0 Å². The van der Waals surface area contributed by atoms with Gasteiger partial charge in [-0.05, 0) is 30.2 Å². The van der Waals surface area contributed by atoms with E-state index in [1.165, 1.54) is 0 Å². The summed E-state index contributed by atoms with van der Waals surface area (Å²) in [6.07, 6.45) is 10.3. The van der Waals surface area contributed by atoms with Gasteiger partial charge in [0, 0.05) is 25.2 Å². The molecule has 0 fully saturated rings. The Morgan fingerprint density at radius 3 is 2.45 bits per heavy atom. The predicted molar refractivity (Wildman–Crippen MR) is 140 cm³/mol. The van der Waals surface area contributed by atoms with Gasteiger partial charge in [-0.2, -0.15) is 0 Å². The van der Waals surface area contributed by atoms with E-state index < -0.39 is 42.3 Å². The first-order valence-corrected chi connectivity index (χ1v) is 12.4. The first-order chi connectivity index (χ1) is 18.4. The molecule has 0 aromatic heterocycles. The lowest BCUT2D eigenvalue weighted by Crippen LogP contribution is -2.78. The highest BCUT2D eigenvalue weighted by molar-refractivity contribution is 5.89. The number of anilines is 1. The van der Waals surface area contributed by atoms with Crippen LogP contribution in [0.3, 0.4) is 0 Å². The highest BCUT2D eigenvalue weighted by Gasteiger charge is 2.39. The number of aliphatic hydroxyl groups excluding tert-OH is 5. The number of carbonyl (C=O) groups is 2. The topological polar surface area (TPSA) is 174 Å². The Labute approximate surface area is 221 Å². The van der Waals surface area contributed by atoms with E-state index in [-0.39, 0.29) is 19.6 Å². The predicted octanol–water partition coefficient (Wildman–Crippen LogP) is 0.452. The maximum Gasteiger partial charge on any atom is 0.377 e. The van der Waals surface area contributed by atoms with Gasteiger partial charge in [-0.15, -0.1) is 0 Å². The van der Waals surface area contributed by atoms with E-state index in [2.05, 4.69) is 4.74 Å². The molecule has 0 bridgehead atoms. The summed E-state index contributed by atoms with van der Waals surface area (Å²) in [5.74, 6) is -3.41. The third-order valence-corrected chi connectivity index (χ3v) is 5.53. The quantitative estimate of drug-likeness (QED) is 0.0937. The highest BCUT2D eigenvalue weighted by Crippen LogP contribution is 2.21. The molecule has 0 saturated carbocycles. The van der Waals surface area contributed by atoms with E-state index in [0.717, 1.165) is 17.7 Å². The molecule has 2 unspecified atom stereocenters. The summed E-state index contributed by atoms with van der Waals surface area (Å²) in [5.41, 5.74) is 2.01. The highest BCUT2D eigenvalue weighted by atomic mass is 16.6. The average molecular weight is 534 g/mol. The summed E-state index contributed by atoms with van der Waals surface area (Å²) in [4.78, 5) is 24.8. The van der Waals surface area contributed by atoms with Crippen LogP contribution < -0.4 is 10.2 Å². The van der Waals surface area contributed by atoms with Gasteiger partial charge in [0.2, 0.25) is 5.76 Å². The number of cyclic esters (lactones) is 1. The standard InChI is InChI=1S/C27H36N2O9/c30-17-15-29(16-18-31)21-11-9-20(10-12-21)7-4-2-1-3-5-13-28-14-6-8-23(33)37-19-22(32)26-24(34)25(35)27(36)38-26/h1,3-5,7,9-13,22,26,28,30-32,34-35H,2,6,8,14-19H2/p+1/b3-1-,7-4+,13-5-. The number of hydrogen-bond acceptors (Lipinski definition) is 10. The molecule has 7 N–H and O–H groups in total. The summed E-state index contributed by atoms with van der Waals surface area (Å²) < 4.78 is 9.52. The molecule has 1 aromatic carbocycles. The molecule has 1 aliphatic rings. The lowest BCUT2D eigenvalue weighted by atomic mass is 10.1. The fraction of sp³-hybridized carbons (Fsp3) is 0.407. The molecule has 0 amide bonds. The molecule has 0 spiro atoms. The third kappa shape index (κ3) is 10.4. The zero-order valence-electron chi connectivity index (χ0n) is 21.2. The van der Waals surface area contributed by atoms with Gasteiger partial charge in [-0.1, -0.05) is 36.4 Å². The summed E-state index contributed by atoms with van der Waals surface area (Å²) in [6, 6.07) is 7.91. The number of ether oxygens (including phenoxy) is 2. The van der Waals surface area contributed by atoms with Crippen LogP contribution in [0.15, 0.2) is 66.3 Å². The van der Waals surface area contributed by atoms with Crippen molar-refractivity contribution in [1.29, 1.82) is 0 Å². The van der Waals surface area contributed by atoms with Crippen molar-refractivity contribution in [2.45, 2.75) is 31.5 Å². The van der Waals surface area contributed by atoms with E-state index in [1.807, 2.05) is 71.1 Å². The molecule has 2 atom stereocenters. The lowest BCUT2D eigenvalue weighted by molar-refractivity contribution is -0.588. The Bertz CT molecular complexity index is 996. The lowest BCUT2D eigenvalue weighted by Gasteiger charge is -2.22. The number of nitrogens with zero attached hydrogens (tertiary/aromatic N) is 1. The summed E-state index contributed by atoms with van der Waals surface area (Å²) >= 11 is 0. The normalized spacial score (nSPS) is 16.6. The second-order valence-electron chi connectivity index (χ2n) is 8.41. The van der Waals surface area contributed by atoms with Crippen LogP contribution in [0, 0.1) is 0 Å². The zero-order valence-corrected chi connectivity index (χ0v) is 21.2. The second-order valence-corrected chi connectivity index (χ2v) is 8.41. The van der Waals surface area contributed by atoms with Gasteiger partial charge in [0.05, 0.1) is 32.4 Å². The van der Waals surface area contributed by atoms with Crippen molar-refractivity contribution in [2.24, 2.45) is 0 Å². The fourth-order valence-corrected chi connectivity index (χ4v) is 3.52. The molecular weight excluding hydrogens is 496 g/mol. The molecule has 38 heavy (non-hydrogen) atoms. The molecular formula is C27H37N2O9+. The number of allylic oxidation sites excluding steroid dienone is 4. The van der Waals surface area contributed by atoms with Crippen LogP contribution in [0.4, 0.5) is 5.69 Å². The minimum absolute atomic E-state index is 0.0302. The number of esters is 2. The van der Waals surface area contributed by atoms with Crippen molar-refractivity contribution in [3.05, 3.63) is 71.9 Å². The number of nitrogens with two attached hydrogens (primary N) is 1. The van der Waals surface area contributed by atoms with Gasteiger partial charge in [0.25, 0.3) is 0 Å². The van der Waals surface area contributed by atoms with Crippen LogP contribution in [0.1, 0.15) is 24.8 Å². The van der Waals surface area contributed by atoms with E-state index in [0.29, 0.717) is 26.1 Å². The molecule has 208 valence electrons. The van der Waals surface area contributed by atoms with Crippen LogP contribution in [0.5, 0.6) is 0 Å². The molecule has 11 nitrogen and oxygen atoms in total. The van der Waals surface area contributed by atoms with Crippen molar-refractivity contribution < 1.29 is 49.9 Å². The van der Waals surface area contributed by atoms with Crippen LogP contribution in [-0.4, -0.2) is 89.1 Å². The maximum atomic E-state index is 11.8. The van der Waals surface area contributed by atoms with E-state index >= 15 is 0 Å². The van der Waals surface area contributed by atoms with Gasteiger partial charge < -0.3 is 45.2 Å². The van der Waals surface area contributed by atoms with Crippen LogP contribution in [0.25, 0.3) is 6.08 Å². The second kappa shape index (κ2) is 17.0. The van der Waals surface area contributed by atoms with E-state index in [9.17, 15) is 24.9 Å². The number of quaternary nitrogens is 1. The molecule has 2 rings (SSSR count). The Morgan fingerprint density at radius 1 is 1.11 bits per heavy atom. The molecule has 11 heteroatoms.